The molecule has 0 aliphatic carbocycles. The lowest BCUT2D eigenvalue weighted by Crippen LogP contribution is -2.14. The highest BCUT2D eigenvalue weighted by Crippen LogP contribution is 2.26. The molecule has 3 aromatic rings. The minimum Gasteiger partial charge on any atom is -0.478 e. The van der Waals surface area contributed by atoms with Gasteiger partial charge < -0.3 is 14.9 Å². The van der Waals surface area contributed by atoms with E-state index in [0.29, 0.717) is 39.3 Å². The number of carboxylic acids is 1. The van der Waals surface area contributed by atoms with Gasteiger partial charge in [-0.1, -0.05) is 25.1 Å². The zero-order chi connectivity index (χ0) is 19.0. The molecule has 0 saturated heterocycles. The lowest BCUT2D eigenvalue weighted by Gasteiger charge is -2.11. The number of benzene rings is 1. The van der Waals surface area contributed by atoms with Gasteiger partial charge in [0.15, 0.2) is 0 Å². The Morgan fingerprint density at radius 2 is 1.88 bits per heavy atom. The Bertz CT molecular complexity index is 1020. The molecule has 0 aliphatic heterocycles. The van der Waals surface area contributed by atoms with Crippen LogP contribution in [0.15, 0.2) is 28.8 Å². The van der Waals surface area contributed by atoms with Gasteiger partial charge >= 0.3 is 5.97 Å². The van der Waals surface area contributed by atoms with Gasteiger partial charge in [0.05, 0.1) is 22.2 Å². The molecule has 134 valence electrons. The number of nitrogens with one attached hydrogen (secondary N) is 1. The van der Waals surface area contributed by atoms with Crippen molar-refractivity contribution in [1.29, 1.82) is 0 Å². The third-order valence-corrected chi connectivity index (χ3v) is 4.20. The monoisotopic (exact) mass is 353 g/mol. The van der Waals surface area contributed by atoms with Gasteiger partial charge in [0, 0.05) is 11.4 Å². The number of carboxylic acid groups (broad SMARTS) is 1. The van der Waals surface area contributed by atoms with Crippen LogP contribution in [0.2, 0.25) is 0 Å². The summed E-state index contributed by atoms with van der Waals surface area (Å²) in [4.78, 5) is 28.6. The fraction of sp³-hybridized carbons (Fsp3) is 0.263. The summed E-state index contributed by atoms with van der Waals surface area (Å²) >= 11 is 0. The SMILES string of the molecule is Cc1ccc(NC(=O)c2cc(C(C)C)nc3onc(C)c23)cc1C(=O)O. The predicted molar refractivity (Wildman–Crippen MR) is 96.7 cm³/mol. The van der Waals surface area contributed by atoms with E-state index in [9.17, 15) is 14.7 Å². The van der Waals surface area contributed by atoms with Crippen molar-refractivity contribution >= 4 is 28.7 Å². The molecule has 0 radical (unpaired) electrons. The Morgan fingerprint density at radius 3 is 2.54 bits per heavy atom. The van der Waals surface area contributed by atoms with Gasteiger partial charge in [0.2, 0.25) is 0 Å². The number of aromatic carboxylic acids is 1. The Balaban J connectivity index is 2.04. The zero-order valence-electron chi connectivity index (χ0n) is 15.0. The van der Waals surface area contributed by atoms with Crippen molar-refractivity contribution in [2.45, 2.75) is 33.6 Å². The van der Waals surface area contributed by atoms with Crippen LogP contribution in [0.4, 0.5) is 5.69 Å². The van der Waals surface area contributed by atoms with Gasteiger partial charge in [-0.15, -0.1) is 0 Å². The maximum atomic E-state index is 12.9. The summed E-state index contributed by atoms with van der Waals surface area (Å²) in [6.07, 6.45) is 0. The molecule has 0 unspecified atom stereocenters. The van der Waals surface area contributed by atoms with Crippen LogP contribution in [0.3, 0.4) is 0 Å². The van der Waals surface area contributed by atoms with E-state index in [1.54, 1.807) is 32.0 Å². The van der Waals surface area contributed by atoms with E-state index < -0.39 is 5.97 Å². The number of aryl methyl sites for hydroxylation is 2. The first kappa shape index (κ1) is 17.6. The lowest BCUT2D eigenvalue weighted by atomic mass is 10.0. The second-order valence-electron chi connectivity index (χ2n) is 6.49. The van der Waals surface area contributed by atoms with Crippen LogP contribution in [0.5, 0.6) is 0 Å². The molecule has 7 nitrogen and oxygen atoms in total. The Hall–Kier alpha value is -3.22. The molecule has 2 heterocycles. The van der Waals surface area contributed by atoms with Crippen molar-refractivity contribution in [3.05, 3.63) is 52.3 Å². The molecule has 0 spiro atoms. The average molecular weight is 353 g/mol. The van der Waals surface area contributed by atoms with Crippen LogP contribution >= 0.6 is 0 Å². The number of hydrogen-bond acceptors (Lipinski definition) is 5. The molecule has 2 N–H and O–H groups in total. The predicted octanol–water partition coefficient (Wildman–Crippen LogP) is 3.91. The van der Waals surface area contributed by atoms with Gasteiger partial charge in [0.1, 0.15) is 0 Å². The molecule has 2 aromatic heterocycles. The lowest BCUT2D eigenvalue weighted by molar-refractivity contribution is 0.0695. The number of nitrogens with zero attached hydrogens (tertiary/aromatic N) is 2. The van der Waals surface area contributed by atoms with Crippen molar-refractivity contribution in [3.63, 3.8) is 0 Å². The molecular weight excluding hydrogens is 334 g/mol. The van der Waals surface area contributed by atoms with Crippen molar-refractivity contribution < 1.29 is 19.2 Å². The highest BCUT2D eigenvalue weighted by Gasteiger charge is 2.20. The highest BCUT2D eigenvalue weighted by molar-refractivity contribution is 6.12. The molecule has 7 heteroatoms. The molecule has 0 atom stereocenters. The van der Waals surface area contributed by atoms with E-state index in [2.05, 4.69) is 15.5 Å². The molecule has 1 aromatic carbocycles. The molecule has 0 saturated carbocycles. The van der Waals surface area contributed by atoms with Crippen LogP contribution in [0.1, 0.15) is 57.4 Å². The van der Waals surface area contributed by atoms with Gasteiger partial charge in [-0.25, -0.2) is 9.78 Å². The fourth-order valence-corrected chi connectivity index (χ4v) is 2.72. The maximum absolute atomic E-state index is 12.9. The fourth-order valence-electron chi connectivity index (χ4n) is 2.72. The Kier molecular flexibility index (Phi) is 4.46. The summed E-state index contributed by atoms with van der Waals surface area (Å²) < 4.78 is 5.23. The smallest absolute Gasteiger partial charge is 0.336 e. The van der Waals surface area contributed by atoms with Crippen LogP contribution in [0, 0.1) is 13.8 Å². The standard InChI is InChI=1S/C19H19N3O4/c1-9(2)15-8-14(16-11(4)22-26-18(16)21-15)17(23)20-12-6-5-10(3)13(7-12)19(24)25/h5-9H,1-4H3,(H,20,23)(H,24,25). The summed E-state index contributed by atoms with van der Waals surface area (Å²) in [7, 11) is 0. The second kappa shape index (κ2) is 6.59. The number of carbonyl (C=O) groups is 2. The van der Waals surface area contributed by atoms with E-state index in [0.717, 1.165) is 0 Å². The minimum absolute atomic E-state index is 0.106. The van der Waals surface area contributed by atoms with Crippen LogP contribution in [-0.4, -0.2) is 27.1 Å². The number of aromatic nitrogens is 2. The molecule has 0 aliphatic rings. The van der Waals surface area contributed by atoms with E-state index in [-0.39, 0.29) is 17.4 Å². The number of amides is 1. The number of anilines is 1. The number of hydrogen-bond donors (Lipinski definition) is 2. The van der Waals surface area contributed by atoms with E-state index in [1.165, 1.54) is 6.07 Å². The van der Waals surface area contributed by atoms with Crippen LogP contribution < -0.4 is 5.32 Å². The van der Waals surface area contributed by atoms with Crippen molar-refractivity contribution in [1.82, 2.24) is 10.1 Å². The first-order valence-electron chi connectivity index (χ1n) is 8.20. The highest BCUT2D eigenvalue weighted by atomic mass is 16.5. The largest absolute Gasteiger partial charge is 0.478 e. The molecule has 26 heavy (non-hydrogen) atoms. The number of carbonyl (C=O) groups excluding carboxylic acids is 1. The normalized spacial score (nSPS) is 11.1. The number of fused-ring (bicyclic) bond motifs is 1. The van der Waals surface area contributed by atoms with Gasteiger partial charge in [0.25, 0.3) is 11.6 Å². The van der Waals surface area contributed by atoms with E-state index >= 15 is 0 Å². The van der Waals surface area contributed by atoms with Crippen LogP contribution in [-0.2, 0) is 0 Å². The summed E-state index contributed by atoms with van der Waals surface area (Å²) in [6.45, 7) is 7.39. The van der Waals surface area contributed by atoms with E-state index in [1.807, 2.05) is 13.8 Å². The zero-order valence-corrected chi connectivity index (χ0v) is 15.0. The summed E-state index contributed by atoms with van der Waals surface area (Å²) in [5, 5.41) is 16.5. The summed E-state index contributed by atoms with van der Waals surface area (Å²) in [5.41, 5.74) is 3.18. The molecule has 0 bridgehead atoms. The number of pyridine rings is 1. The van der Waals surface area contributed by atoms with E-state index in [4.69, 9.17) is 4.52 Å². The number of rotatable bonds is 4. The molecule has 3 rings (SSSR count). The van der Waals surface area contributed by atoms with Gasteiger partial charge in [-0.3, -0.25) is 4.79 Å². The van der Waals surface area contributed by atoms with Crippen molar-refractivity contribution in [3.8, 4) is 0 Å². The van der Waals surface area contributed by atoms with Crippen molar-refractivity contribution in [2.75, 3.05) is 5.32 Å². The van der Waals surface area contributed by atoms with Gasteiger partial charge in [-0.2, -0.15) is 0 Å². The summed E-state index contributed by atoms with van der Waals surface area (Å²) in [5.74, 6) is -1.30. The minimum atomic E-state index is -1.04. The third kappa shape index (κ3) is 3.15. The Labute approximate surface area is 150 Å². The average Bonchev–Trinajstić information content (AvgIpc) is 2.96. The second-order valence-corrected chi connectivity index (χ2v) is 6.49. The van der Waals surface area contributed by atoms with Crippen molar-refractivity contribution in [2.24, 2.45) is 0 Å². The van der Waals surface area contributed by atoms with Crippen LogP contribution in [0.25, 0.3) is 11.1 Å². The summed E-state index contributed by atoms with van der Waals surface area (Å²) in [6, 6.07) is 6.49. The molecule has 0 fully saturated rings. The molecular formula is C19H19N3O4. The molecule has 1 amide bonds. The topological polar surface area (TPSA) is 105 Å². The maximum Gasteiger partial charge on any atom is 0.336 e. The Morgan fingerprint density at radius 1 is 1.15 bits per heavy atom. The quantitative estimate of drug-likeness (QED) is 0.736. The first-order chi connectivity index (χ1) is 12.3. The first-order valence-corrected chi connectivity index (χ1v) is 8.20. The van der Waals surface area contributed by atoms with Gasteiger partial charge in [-0.05, 0) is 43.5 Å². The third-order valence-electron chi connectivity index (χ3n) is 4.20.